The fourth-order valence-corrected chi connectivity index (χ4v) is 5.64. The molecule has 7 nitrogen and oxygen atoms in total. The maximum Gasteiger partial charge on any atom is 0.417 e. The first-order chi connectivity index (χ1) is 21.5. The molecule has 0 aliphatic heterocycles. The minimum Gasteiger partial charge on any atom is -0.369 e. The summed E-state index contributed by atoms with van der Waals surface area (Å²) < 4.78 is 72.5. The number of carbonyl (C=O) groups excluding carboxylic acids is 3. The van der Waals surface area contributed by atoms with Gasteiger partial charge in [-0.1, -0.05) is 41.9 Å². The number of ether oxygens (including phenoxy) is 1. The van der Waals surface area contributed by atoms with Gasteiger partial charge in [0.15, 0.2) is 5.83 Å². The molecule has 3 rings (SSSR count). The zero-order valence-electron chi connectivity index (χ0n) is 24.0. The van der Waals surface area contributed by atoms with Crippen LogP contribution in [0.2, 0.25) is 10.0 Å². The van der Waals surface area contributed by atoms with Crippen molar-refractivity contribution in [2.45, 2.75) is 36.4 Å². The van der Waals surface area contributed by atoms with Crippen molar-refractivity contribution in [1.82, 2.24) is 10.6 Å². The number of hydrogen-bond acceptors (Lipinski definition) is 4. The lowest BCUT2D eigenvalue weighted by molar-refractivity contribution is -0.137. The molecule has 0 saturated heterocycles. The van der Waals surface area contributed by atoms with Crippen molar-refractivity contribution >= 4 is 69.8 Å². The summed E-state index contributed by atoms with van der Waals surface area (Å²) in [5, 5.41) is 6.13. The number of nitrogens with one attached hydrogen (secondary N) is 3. The van der Waals surface area contributed by atoms with Gasteiger partial charge in [0.2, 0.25) is 5.91 Å². The normalized spacial score (nSPS) is 18.6. The Bertz CT molecular complexity index is 1600. The first kappa shape index (κ1) is 37.3. The molecule has 0 bridgehead atoms. The van der Waals surface area contributed by atoms with Gasteiger partial charge in [-0.25, -0.2) is 8.78 Å². The first-order valence-corrected chi connectivity index (χ1v) is 14.8. The monoisotopic (exact) mass is 727 g/mol. The van der Waals surface area contributed by atoms with E-state index in [1.54, 1.807) is 6.92 Å². The van der Waals surface area contributed by atoms with Gasteiger partial charge in [0, 0.05) is 18.2 Å². The number of halogens is 9. The van der Waals surface area contributed by atoms with E-state index in [0.29, 0.717) is 0 Å². The number of allylic oxidation sites excluding steroid dienone is 4. The smallest absolute Gasteiger partial charge is 0.369 e. The van der Waals surface area contributed by atoms with Crippen LogP contribution in [0, 0.1) is 5.92 Å². The van der Waals surface area contributed by atoms with E-state index >= 15 is 4.39 Å². The number of alkyl halides is 6. The van der Waals surface area contributed by atoms with Crippen LogP contribution in [0.3, 0.4) is 0 Å². The van der Waals surface area contributed by atoms with Gasteiger partial charge in [0.25, 0.3) is 11.8 Å². The summed E-state index contributed by atoms with van der Waals surface area (Å²) in [7, 11) is 0. The zero-order valence-corrected chi connectivity index (χ0v) is 27.0. The lowest BCUT2D eigenvalue weighted by Crippen LogP contribution is -2.35. The molecule has 0 spiro atoms. The highest BCUT2D eigenvalue weighted by atomic mass is 35.5. The van der Waals surface area contributed by atoms with E-state index in [9.17, 15) is 31.9 Å². The first-order valence-electron chi connectivity index (χ1n) is 13.3. The molecule has 1 saturated carbocycles. The average molecular weight is 729 g/mol. The van der Waals surface area contributed by atoms with Gasteiger partial charge in [-0.2, -0.15) is 13.2 Å². The molecule has 1 aliphatic carbocycles. The minimum absolute atomic E-state index is 0.00769. The van der Waals surface area contributed by atoms with Crippen LogP contribution in [0.5, 0.6) is 0 Å². The third kappa shape index (κ3) is 8.60. The van der Waals surface area contributed by atoms with Crippen LogP contribution in [-0.4, -0.2) is 41.4 Å². The number of anilines is 1. The van der Waals surface area contributed by atoms with E-state index in [1.807, 2.05) is 0 Å². The molecule has 3 N–H and O–H groups in total. The van der Waals surface area contributed by atoms with E-state index < -0.39 is 80.7 Å². The molecule has 16 heteroatoms. The zero-order chi connectivity index (χ0) is 34.6. The Balaban J connectivity index is 1.81. The van der Waals surface area contributed by atoms with Gasteiger partial charge in [-0.15, -0.1) is 23.2 Å². The molecule has 2 aromatic rings. The lowest BCUT2D eigenvalue weighted by Gasteiger charge is -2.16. The van der Waals surface area contributed by atoms with Gasteiger partial charge in [0.05, 0.1) is 38.5 Å². The number of benzene rings is 2. The summed E-state index contributed by atoms with van der Waals surface area (Å²) in [4.78, 5) is 38.5. The van der Waals surface area contributed by atoms with Crippen molar-refractivity contribution in [2.24, 2.45) is 5.92 Å². The van der Waals surface area contributed by atoms with Gasteiger partial charge >= 0.3 is 6.18 Å². The van der Waals surface area contributed by atoms with Crippen molar-refractivity contribution in [2.75, 3.05) is 18.6 Å². The molecule has 0 radical (unpaired) electrons. The predicted octanol–water partition coefficient (Wildman–Crippen LogP) is 8.03. The third-order valence-electron chi connectivity index (χ3n) is 6.70. The molecule has 1 unspecified atom stereocenters. The maximum absolute atomic E-state index is 15.3. The van der Waals surface area contributed by atoms with Crippen LogP contribution in [0.4, 0.5) is 27.6 Å². The van der Waals surface area contributed by atoms with Crippen LogP contribution >= 0.6 is 46.4 Å². The number of amides is 3. The molecule has 3 amide bonds. The van der Waals surface area contributed by atoms with Gasteiger partial charge in [-0.3, -0.25) is 14.4 Å². The van der Waals surface area contributed by atoms with Crippen molar-refractivity contribution in [3.8, 4) is 0 Å². The second-order valence-corrected chi connectivity index (χ2v) is 12.1. The van der Waals surface area contributed by atoms with Crippen molar-refractivity contribution in [1.29, 1.82) is 0 Å². The van der Waals surface area contributed by atoms with Gasteiger partial charge in [-0.05, 0) is 55.8 Å². The molecule has 0 aromatic heterocycles. The Labute approximate surface area is 280 Å². The number of rotatable bonds is 12. The molecule has 46 heavy (non-hydrogen) atoms. The summed E-state index contributed by atoms with van der Waals surface area (Å²) in [5.74, 6) is -6.12. The van der Waals surface area contributed by atoms with Gasteiger partial charge in [0.1, 0.15) is 17.1 Å². The van der Waals surface area contributed by atoms with E-state index in [-0.39, 0.29) is 28.4 Å². The summed E-state index contributed by atoms with van der Waals surface area (Å²) >= 11 is 24.5. The molecule has 0 heterocycles. The fraction of sp³-hybridized carbons (Fsp3) is 0.300. The lowest BCUT2D eigenvalue weighted by atomic mass is 10.0. The van der Waals surface area contributed by atoms with Crippen LogP contribution in [0.15, 0.2) is 72.4 Å². The van der Waals surface area contributed by atoms with Crippen molar-refractivity contribution in [3.63, 3.8) is 0 Å². The minimum atomic E-state index is -4.76. The van der Waals surface area contributed by atoms with Crippen molar-refractivity contribution in [3.05, 3.63) is 99.1 Å². The van der Waals surface area contributed by atoms with Crippen LogP contribution in [0.1, 0.15) is 41.3 Å². The molecule has 248 valence electrons. The summed E-state index contributed by atoms with van der Waals surface area (Å²) in [6.07, 6.45) is -3.67. The Morgan fingerprint density at radius 2 is 1.74 bits per heavy atom. The van der Waals surface area contributed by atoms with E-state index in [2.05, 4.69) is 22.5 Å². The SMILES string of the molecule is C=C/C=C(NC(=O)c1cc(NC(=O)[C@H]2[C@H](c3ccc(Cl)c(C(F)(F)F)c3)C2(Cl)Cl)ccc1Cl)\C(F)=C(/CF)NC(=O)C(C)OCC. The second kappa shape index (κ2) is 15.2. The maximum atomic E-state index is 15.3. The molecule has 1 fully saturated rings. The van der Waals surface area contributed by atoms with Crippen LogP contribution < -0.4 is 16.0 Å². The number of hydrogen-bond donors (Lipinski definition) is 3. The molecular weight excluding hydrogens is 703 g/mol. The summed E-state index contributed by atoms with van der Waals surface area (Å²) in [6.45, 7) is 5.18. The van der Waals surface area contributed by atoms with E-state index in [1.165, 1.54) is 25.1 Å². The Kier molecular flexibility index (Phi) is 12.3. The van der Waals surface area contributed by atoms with Crippen LogP contribution in [0.25, 0.3) is 0 Å². The Hall–Kier alpha value is -3.16. The largest absolute Gasteiger partial charge is 0.417 e. The molecule has 3 atom stereocenters. The summed E-state index contributed by atoms with van der Waals surface area (Å²) in [5.41, 5.74) is -2.70. The highest BCUT2D eigenvalue weighted by molar-refractivity contribution is 6.53. The molecular formula is C30H26Cl4F5N3O4. The van der Waals surface area contributed by atoms with E-state index in [4.69, 9.17) is 51.1 Å². The molecule has 1 aliphatic rings. The fourth-order valence-electron chi connectivity index (χ4n) is 4.38. The Morgan fingerprint density at radius 1 is 1.09 bits per heavy atom. The topological polar surface area (TPSA) is 96.5 Å². The van der Waals surface area contributed by atoms with Crippen LogP contribution in [-0.2, 0) is 20.5 Å². The quantitative estimate of drug-likeness (QED) is 0.117. The predicted molar refractivity (Wildman–Crippen MR) is 166 cm³/mol. The second-order valence-electron chi connectivity index (χ2n) is 9.83. The molecule has 2 aromatic carbocycles. The number of carbonyl (C=O) groups is 3. The Morgan fingerprint density at radius 3 is 2.33 bits per heavy atom. The third-order valence-corrected chi connectivity index (χ3v) is 8.30. The average Bonchev–Trinajstić information content (AvgIpc) is 3.57. The summed E-state index contributed by atoms with van der Waals surface area (Å²) in [6, 6.07) is 6.77. The van der Waals surface area contributed by atoms with E-state index in [0.717, 1.165) is 30.4 Å². The van der Waals surface area contributed by atoms with Gasteiger partial charge < -0.3 is 20.7 Å². The highest BCUT2D eigenvalue weighted by Crippen LogP contribution is 2.65. The highest BCUT2D eigenvalue weighted by Gasteiger charge is 2.67. The standard InChI is InChI=1S/C30H26Cl4F5N3O4/c1-4-6-21(25(36)22(13-35)42-26(43)14(3)46-5-2)41-27(44)17-12-16(8-10-19(17)31)40-28(45)24-23(29(24,33)34)15-7-9-20(32)18(11-15)30(37,38)39/h4,6-12,14,23-24H,1,5,13H2,2-3H3,(H,40,45)(H,41,44)(H,42,43)/b21-6+,25-22-/t14?,23-,24+/m0/s1. The van der Waals surface area contributed by atoms with Crippen molar-refractivity contribution < 1.29 is 41.1 Å².